The van der Waals surface area contributed by atoms with Crippen molar-refractivity contribution in [2.45, 2.75) is 19.1 Å². The minimum atomic E-state index is -3.02. The molecule has 3 rings (SSSR count). The first kappa shape index (κ1) is 19.2. The number of anilines is 1. The number of carbonyl (C=O) groups is 1. The Balaban J connectivity index is 1.47. The van der Waals surface area contributed by atoms with Crippen LogP contribution in [0.5, 0.6) is 5.75 Å². The number of hydrogen-bond donors (Lipinski definition) is 2. The van der Waals surface area contributed by atoms with Crippen molar-refractivity contribution in [3.05, 3.63) is 59.9 Å². The first-order chi connectivity index (χ1) is 12.9. The quantitative estimate of drug-likeness (QED) is 0.754. The summed E-state index contributed by atoms with van der Waals surface area (Å²) >= 11 is 0. The van der Waals surface area contributed by atoms with Gasteiger partial charge in [-0.3, -0.25) is 4.79 Å². The van der Waals surface area contributed by atoms with Gasteiger partial charge in [-0.25, -0.2) is 12.8 Å². The highest BCUT2D eigenvalue weighted by atomic mass is 32.2. The van der Waals surface area contributed by atoms with E-state index in [1.165, 1.54) is 12.1 Å². The Morgan fingerprint density at radius 2 is 1.96 bits per heavy atom. The van der Waals surface area contributed by atoms with E-state index in [4.69, 9.17) is 4.74 Å². The largest absolute Gasteiger partial charge is 0.489 e. The van der Waals surface area contributed by atoms with E-state index in [-0.39, 0.29) is 35.8 Å². The van der Waals surface area contributed by atoms with E-state index in [1.807, 2.05) is 0 Å². The summed E-state index contributed by atoms with van der Waals surface area (Å²) in [4.78, 5) is 12.0. The molecule has 6 nitrogen and oxygen atoms in total. The molecule has 1 aliphatic rings. The monoisotopic (exact) mass is 392 g/mol. The average molecular weight is 392 g/mol. The normalized spacial score (nSPS) is 18.0. The summed E-state index contributed by atoms with van der Waals surface area (Å²) in [6.07, 6.45) is 0.459. The van der Waals surface area contributed by atoms with Crippen molar-refractivity contribution in [1.82, 2.24) is 5.32 Å². The summed E-state index contributed by atoms with van der Waals surface area (Å²) in [6.45, 7) is 0.346. The van der Waals surface area contributed by atoms with Crippen molar-refractivity contribution in [3.63, 3.8) is 0 Å². The van der Waals surface area contributed by atoms with Crippen molar-refractivity contribution >= 4 is 21.4 Å². The number of amides is 1. The summed E-state index contributed by atoms with van der Waals surface area (Å²) < 4.78 is 41.4. The molecule has 1 aliphatic heterocycles. The summed E-state index contributed by atoms with van der Waals surface area (Å²) in [5, 5.41) is 5.72. The van der Waals surface area contributed by atoms with Gasteiger partial charge in [0.15, 0.2) is 9.84 Å². The number of nitrogens with one attached hydrogen (secondary N) is 2. The zero-order valence-corrected chi connectivity index (χ0v) is 15.5. The van der Waals surface area contributed by atoms with Crippen LogP contribution < -0.4 is 15.4 Å². The van der Waals surface area contributed by atoms with E-state index < -0.39 is 9.84 Å². The molecule has 0 bridgehead atoms. The highest BCUT2D eigenvalue weighted by Crippen LogP contribution is 2.19. The molecule has 0 radical (unpaired) electrons. The van der Waals surface area contributed by atoms with Gasteiger partial charge >= 0.3 is 0 Å². The van der Waals surface area contributed by atoms with Gasteiger partial charge in [0.2, 0.25) is 5.91 Å². The molecule has 1 heterocycles. The third-order valence-corrected chi connectivity index (χ3v) is 5.97. The van der Waals surface area contributed by atoms with Crippen LogP contribution in [0.3, 0.4) is 0 Å². The van der Waals surface area contributed by atoms with Crippen molar-refractivity contribution in [1.29, 1.82) is 0 Å². The first-order valence-corrected chi connectivity index (χ1v) is 10.4. The predicted molar refractivity (Wildman–Crippen MR) is 101 cm³/mol. The van der Waals surface area contributed by atoms with Gasteiger partial charge in [-0.1, -0.05) is 18.2 Å². The Morgan fingerprint density at radius 1 is 1.19 bits per heavy atom. The van der Waals surface area contributed by atoms with Crippen LogP contribution in [-0.2, 0) is 21.2 Å². The zero-order chi connectivity index (χ0) is 19.3. The third kappa shape index (κ3) is 5.96. The number of rotatable bonds is 7. The second kappa shape index (κ2) is 8.39. The molecule has 1 atom stereocenters. The van der Waals surface area contributed by atoms with Gasteiger partial charge in [0.1, 0.15) is 18.2 Å². The lowest BCUT2D eigenvalue weighted by molar-refractivity contribution is -0.119. The van der Waals surface area contributed by atoms with E-state index in [0.717, 1.165) is 5.56 Å². The molecule has 0 unspecified atom stereocenters. The fourth-order valence-corrected chi connectivity index (χ4v) is 4.49. The highest BCUT2D eigenvalue weighted by Gasteiger charge is 2.28. The van der Waals surface area contributed by atoms with Crippen molar-refractivity contribution in [2.24, 2.45) is 0 Å². The van der Waals surface area contributed by atoms with Crippen LogP contribution in [-0.4, -0.2) is 38.4 Å². The Morgan fingerprint density at radius 3 is 2.67 bits per heavy atom. The van der Waals surface area contributed by atoms with Gasteiger partial charge in [-0.15, -0.1) is 0 Å². The van der Waals surface area contributed by atoms with E-state index in [0.29, 0.717) is 24.5 Å². The summed E-state index contributed by atoms with van der Waals surface area (Å²) in [5.74, 6) is 0.198. The lowest BCUT2D eigenvalue weighted by Gasteiger charge is -2.13. The molecule has 1 saturated heterocycles. The number of benzene rings is 2. The molecule has 1 fully saturated rings. The topological polar surface area (TPSA) is 84.5 Å². The maximum absolute atomic E-state index is 12.9. The lowest BCUT2D eigenvalue weighted by atomic mass is 10.2. The van der Waals surface area contributed by atoms with Crippen LogP contribution in [0, 0.1) is 5.82 Å². The average Bonchev–Trinajstić information content (AvgIpc) is 2.98. The second-order valence-electron chi connectivity index (χ2n) is 6.46. The van der Waals surface area contributed by atoms with Gasteiger partial charge in [0.25, 0.3) is 0 Å². The Bertz CT molecular complexity index is 900. The van der Waals surface area contributed by atoms with Gasteiger partial charge in [-0.05, 0) is 36.2 Å². The molecule has 27 heavy (non-hydrogen) atoms. The molecule has 144 valence electrons. The molecule has 1 amide bonds. The molecule has 0 aliphatic carbocycles. The maximum Gasteiger partial charge on any atom is 0.239 e. The molecule has 2 aromatic rings. The number of ether oxygens (including phenoxy) is 1. The van der Waals surface area contributed by atoms with Crippen molar-refractivity contribution < 1.29 is 22.3 Å². The van der Waals surface area contributed by atoms with Crippen LogP contribution in [0.1, 0.15) is 12.0 Å². The van der Waals surface area contributed by atoms with Gasteiger partial charge in [0, 0.05) is 17.8 Å². The summed E-state index contributed by atoms with van der Waals surface area (Å²) in [7, 11) is -3.02. The zero-order valence-electron chi connectivity index (χ0n) is 14.7. The minimum Gasteiger partial charge on any atom is -0.489 e. The minimum absolute atomic E-state index is 0.00541. The molecule has 2 aromatic carbocycles. The smallest absolute Gasteiger partial charge is 0.239 e. The van der Waals surface area contributed by atoms with Crippen LogP contribution in [0.25, 0.3) is 0 Å². The first-order valence-electron chi connectivity index (χ1n) is 8.61. The molecule has 8 heteroatoms. The second-order valence-corrected chi connectivity index (χ2v) is 8.69. The van der Waals surface area contributed by atoms with Crippen LogP contribution >= 0.6 is 0 Å². The SMILES string of the molecule is O=C(CNc1cccc(OCc2ccc(F)cc2)c1)N[C@@H]1CCS(=O)(=O)C1. The van der Waals surface area contributed by atoms with E-state index >= 15 is 0 Å². The van der Waals surface area contributed by atoms with Crippen LogP contribution in [0.4, 0.5) is 10.1 Å². The van der Waals surface area contributed by atoms with Gasteiger partial charge in [-0.2, -0.15) is 0 Å². The molecule has 0 spiro atoms. The summed E-state index contributed by atoms with van der Waals surface area (Å²) in [5.41, 5.74) is 1.56. The number of carbonyl (C=O) groups excluding carboxylic acids is 1. The van der Waals surface area contributed by atoms with E-state index in [2.05, 4.69) is 10.6 Å². The molecular formula is C19H21FN2O4S. The lowest BCUT2D eigenvalue weighted by Crippen LogP contribution is -2.39. The van der Waals surface area contributed by atoms with Crippen molar-refractivity contribution in [3.8, 4) is 5.75 Å². The molecule has 0 saturated carbocycles. The fraction of sp³-hybridized carbons (Fsp3) is 0.316. The predicted octanol–water partition coefficient (Wildman–Crippen LogP) is 2.12. The standard InChI is InChI=1S/C19H21FN2O4S/c20-15-6-4-14(5-7-15)12-26-18-3-1-2-16(10-18)21-11-19(23)22-17-8-9-27(24,25)13-17/h1-7,10,17,21H,8-9,11-13H2,(H,22,23)/t17-/m1/s1. The summed E-state index contributed by atoms with van der Waals surface area (Å²) in [6, 6.07) is 12.9. The Labute approximate surface area is 157 Å². The number of hydrogen-bond acceptors (Lipinski definition) is 5. The van der Waals surface area contributed by atoms with E-state index in [1.54, 1.807) is 36.4 Å². The molecule has 2 N–H and O–H groups in total. The van der Waals surface area contributed by atoms with Crippen LogP contribution in [0.15, 0.2) is 48.5 Å². The maximum atomic E-state index is 12.9. The number of halogens is 1. The Kier molecular flexibility index (Phi) is 5.95. The highest BCUT2D eigenvalue weighted by molar-refractivity contribution is 7.91. The third-order valence-electron chi connectivity index (χ3n) is 4.20. The van der Waals surface area contributed by atoms with Crippen LogP contribution in [0.2, 0.25) is 0 Å². The fourth-order valence-electron chi connectivity index (χ4n) is 2.81. The van der Waals surface area contributed by atoms with E-state index in [9.17, 15) is 17.6 Å². The van der Waals surface area contributed by atoms with Gasteiger partial charge < -0.3 is 15.4 Å². The van der Waals surface area contributed by atoms with Gasteiger partial charge in [0.05, 0.1) is 18.1 Å². The number of sulfone groups is 1. The Hall–Kier alpha value is -2.61. The molecule has 0 aromatic heterocycles. The molecular weight excluding hydrogens is 371 g/mol. The van der Waals surface area contributed by atoms with Crippen molar-refractivity contribution in [2.75, 3.05) is 23.4 Å².